The molecule has 0 aromatic heterocycles. The van der Waals surface area contributed by atoms with Crippen LogP contribution in [0.5, 0.6) is 5.75 Å². The number of aryl methyl sites for hydroxylation is 1. The van der Waals surface area contributed by atoms with Crippen LogP contribution in [0.15, 0.2) is 48.5 Å². The predicted molar refractivity (Wildman–Crippen MR) is 125 cm³/mol. The highest BCUT2D eigenvalue weighted by molar-refractivity contribution is 5.92. The fourth-order valence-electron chi connectivity index (χ4n) is 5.10. The fourth-order valence-corrected chi connectivity index (χ4v) is 5.10. The van der Waals surface area contributed by atoms with Crippen LogP contribution in [0, 0.1) is 11.8 Å². The molecule has 2 aromatic rings. The van der Waals surface area contributed by atoms with E-state index in [-0.39, 0.29) is 5.97 Å². The molecule has 1 aliphatic rings. The molecule has 162 valence electrons. The van der Waals surface area contributed by atoms with Crippen LogP contribution in [0.2, 0.25) is 0 Å². The smallest absolute Gasteiger partial charge is 0.343 e. The molecule has 1 saturated carbocycles. The highest BCUT2D eigenvalue weighted by atomic mass is 16.5. The van der Waals surface area contributed by atoms with Gasteiger partial charge in [0.25, 0.3) is 0 Å². The van der Waals surface area contributed by atoms with Gasteiger partial charge in [-0.2, -0.15) is 0 Å². The second kappa shape index (κ2) is 11.3. The van der Waals surface area contributed by atoms with E-state index in [1.807, 2.05) is 24.3 Å². The molecule has 0 heterocycles. The first-order chi connectivity index (χ1) is 14.6. The maximum atomic E-state index is 13.0. The van der Waals surface area contributed by atoms with E-state index >= 15 is 0 Å². The summed E-state index contributed by atoms with van der Waals surface area (Å²) in [6.45, 7) is 6.81. The Hall–Kier alpha value is -2.09. The molecule has 2 heteroatoms. The Labute approximate surface area is 183 Å². The molecule has 1 aliphatic carbocycles. The van der Waals surface area contributed by atoms with Gasteiger partial charge in [0.15, 0.2) is 0 Å². The molecule has 2 nitrogen and oxygen atoms in total. The number of hydrogen-bond acceptors (Lipinski definition) is 2. The molecule has 0 radical (unpaired) electrons. The highest BCUT2D eigenvalue weighted by Gasteiger charge is 2.31. The summed E-state index contributed by atoms with van der Waals surface area (Å²) in [4.78, 5) is 13.0. The first-order valence-corrected chi connectivity index (χ1v) is 12.0. The SMILES string of the molecule is CCCCCC1CCC(c2ccccc2C(=O)Oc2ccc(CCC)cc2)C(C)C1. The van der Waals surface area contributed by atoms with Crippen LogP contribution in [-0.4, -0.2) is 5.97 Å². The summed E-state index contributed by atoms with van der Waals surface area (Å²) in [6.07, 6.45) is 11.3. The van der Waals surface area contributed by atoms with Crippen LogP contribution in [0.3, 0.4) is 0 Å². The Morgan fingerprint density at radius 3 is 2.43 bits per heavy atom. The van der Waals surface area contributed by atoms with Gasteiger partial charge in [-0.15, -0.1) is 0 Å². The third-order valence-corrected chi connectivity index (χ3v) is 6.75. The second-order valence-electron chi connectivity index (χ2n) is 9.13. The Bertz CT molecular complexity index is 793. The minimum atomic E-state index is -0.230. The van der Waals surface area contributed by atoms with Crippen molar-refractivity contribution in [3.63, 3.8) is 0 Å². The molecule has 0 bridgehead atoms. The molecule has 1 fully saturated rings. The monoisotopic (exact) mass is 406 g/mol. The lowest BCUT2D eigenvalue weighted by molar-refractivity contribution is 0.0731. The maximum absolute atomic E-state index is 13.0. The van der Waals surface area contributed by atoms with Gasteiger partial charge in [0, 0.05) is 0 Å². The number of benzene rings is 2. The standard InChI is InChI=1S/C28H38O2/c1-4-6-7-11-23-16-19-25(21(3)20-23)26-12-8-9-13-27(26)28(29)30-24-17-14-22(10-5-2)15-18-24/h8-9,12-15,17-18,21,23,25H,4-7,10-11,16,19-20H2,1-3H3. The molecule has 0 N–H and O–H groups in total. The van der Waals surface area contributed by atoms with Gasteiger partial charge in [0.2, 0.25) is 0 Å². The fraction of sp³-hybridized carbons (Fsp3) is 0.536. The Morgan fingerprint density at radius 1 is 0.967 bits per heavy atom. The zero-order chi connectivity index (χ0) is 21.3. The molecule has 0 aliphatic heterocycles. The quantitative estimate of drug-likeness (QED) is 0.240. The molecule has 0 spiro atoms. The van der Waals surface area contributed by atoms with Crippen molar-refractivity contribution in [1.29, 1.82) is 0 Å². The summed E-state index contributed by atoms with van der Waals surface area (Å²) >= 11 is 0. The van der Waals surface area contributed by atoms with E-state index in [2.05, 4.69) is 45.0 Å². The summed E-state index contributed by atoms with van der Waals surface area (Å²) in [5.74, 6) is 2.30. The van der Waals surface area contributed by atoms with Gasteiger partial charge in [-0.1, -0.05) is 83.2 Å². The number of hydrogen-bond donors (Lipinski definition) is 0. The van der Waals surface area contributed by atoms with Crippen molar-refractivity contribution in [2.24, 2.45) is 11.8 Å². The minimum absolute atomic E-state index is 0.230. The van der Waals surface area contributed by atoms with E-state index < -0.39 is 0 Å². The van der Waals surface area contributed by atoms with Crippen LogP contribution in [0.25, 0.3) is 0 Å². The molecule has 0 saturated heterocycles. The largest absolute Gasteiger partial charge is 0.423 e. The first-order valence-electron chi connectivity index (χ1n) is 12.0. The summed E-state index contributed by atoms with van der Waals surface area (Å²) in [6, 6.07) is 16.0. The van der Waals surface area contributed by atoms with Crippen LogP contribution >= 0.6 is 0 Å². The van der Waals surface area contributed by atoms with E-state index in [1.54, 1.807) is 0 Å². The van der Waals surface area contributed by atoms with Crippen molar-refractivity contribution in [2.75, 3.05) is 0 Å². The third-order valence-electron chi connectivity index (χ3n) is 6.75. The van der Waals surface area contributed by atoms with E-state index in [0.717, 1.165) is 24.3 Å². The first kappa shape index (κ1) is 22.6. The highest BCUT2D eigenvalue weighted by Crippen LogP contribution is 2.43. The van der Waals surface area contributed by atoms with Crippen molar-refractivity contribution >= 4 is 5.97 Å². The third kappa shape index (κ3) is 5.97. The molecule has 3 rings (SSSR count). The topological polar surface area (TPSA) is 26.3 Å². The summed E-state index contributed by atoms with van der Waals surface area (Å²) in [5.41, 5.74) is 3.18. The zero-order valence-corrected chi connectivity index (χ0v) is 19.0. The maximum Gasteiger partial charge on any atom is 0.343 e. The summed E-state index contributed by atoms with van der Waals surface area (Å²) in [7, 11) is 0. The average Bonchev–Trinajstić information content (AvgIpc) is 2.76. The predicted octanol–water partition coefficient (Wildman–Crippen LogP) is 7.96. The van der Waals surface area contributed by atoms with Gasteiger partial charge in [0.1, 0.15) is 5.75 Å². The Morgan fingerprint density at radius 2 is 1.73 bits per heavy atom. The van der Waals surface area contributed by atoms with Crippen molar-refractivity contribution in [1.82, 2.24) is 0 Å². The second-order valence-corrected chi connectivity index (χ2v) is 9.13. The zero-order valence-electron chi connectivity index (χ0n) is 19.0. The van der Waals surface area contributed by atoms with E-state index in [9.17, 15) is 4.79 Å². The lowest BCUT2D eigenvalue weighted by atomic mass is 9.70. The van der Waals surface area contributed by atoms with E-state index in [0.29, 0.717) is 17.6 Å². The van der Waals surface area contributed by atoms with Gasteiger partial charge in [-0.05, 0) is 72.8 Å². The number of rotatable bonds is 9. The van der Waals surface area contributed by atoms with Gasteiger partial charge in [-0.25, -0.2) is 4.79 Å². The Balaban J connectivity index is 1.67. The molecule has 2 aromatic carbocycles. The van der Waals surface area contributed by atoms with Crippen LogP contribution in [-0.2, 0) is 6.42 Å². The lowest BCUT2D eigenvalue weighted by Crippen LogP contribution is -2.24. The molecule has 3 atom stereocenters. The van der Waals surface area contributed by atoms with Crippen LogP contribution in [0.4, 0.5) is 0 Å². The van der Waals surface area contributed by atoms with Crippen LogP contribution in [0.1, 0.15) is 99.5 Å². The van der Waals surface area contributed by atoms with Crippen molar-refractivity contribution in [3.8, 4) is 5.75 Å². The van der Waals surface area contributed by atoms with E-state index in [4.69, 9.17) is 4.74 Å². The molecule has 30 heavy (non-hydrogen) atoms. The van der Waals surface area contributed by atoms with Gasteiger partial charge < -0.3 is 4.74 Å². The van der Waals surface area contributed by atoms with E-state index in [1.165, 1.54) is 56.1 Å². The number of carbonyl (C=O) groups is 1. The van der Waals surface area contributed by atoms with Crippen LogP contribution < -0.4 is 4.74 Å². The van der Waals surface area contributed by atoms with Gasteiger partial charge in [0.05, 0.1) is 5.56 Å². The number of esters is 1. The average molecular weight is 407 g/mol. The number of ether oxygens (including phenoxy) is 1. The number of unbranched alkanes of at least 4 members (excludes halogenated alkanes) is 2. The summed E-state index contributed by atoms with van der Waals surface area (Å²) < 4.78 is 5.75. The molecule has 0 amide bonds. The lowest BCUT2D eigenvalue weighted by Gasteiger charge is -2.35. The molecular weight excluding hydrogens is 368 g/mol. The minimum Gasteiger partial charge on any atom is -0.423 e. The molecular formula is C28H38O2. The van der Waals surface area contributed by atoms with Gasteiger partial charge in [-0.3, -0.25) is 0 Å². The van der Waals surface area contributed by atoms with Crippen molar-refractivity contribution < 1.29 is 9.53 Å². The number of carbonyl (C=O) groups excluding carboxylic acids is 1. The van der Waals surface area contributed by atoms with Gasteiger partial charge >= 0.3 is 5.97 Å². The van der Waals surface area contributed by atoms with Crippen molar-refractivity contribution in [2.45, 2.75) is 84.5 Å². The normalized spacial score (nSPS) is 21.4. The molecule has 3 unspecified atom stereocenters. The van der Waals surface area contributed by atoms with Crippen molar-refractivity contribution in [3.05, 3.63) is 65.2 Å². The summed E-state index contributed by atoms with van der Waals surface area (Å²) in [5, 5.41) is 0. The Kier molecular flexibility index (Phi) is 8.54.